The van der Waals surface area contributed by atoms with Crippen molar-refractivity contribution in [3.05, 3.63) is 36.2 Å². The van der Waals surface area contributed by atoms with Crippen LogP contribution in [0.2, 0.25) is 0 Å². The van der Waals surface area contributed by atoms with Gasteiger partial charge in [0.1, 0.15) is 5.75 Å². The number of ether oxygens (including phenoxy) is 1. The normalized spacial score (nSPS) is 11.2. The van der Waals surface area contributed by atoms with Crippen molar-refractivity contribution < 1.29 is 13.2 Å². The van der Waals surface area contributed by atoms with Crippen LogP contribution in [0.15, 0.2) is 35.5 Å². The highest BCUT2D eigenvalue weighted by atomic mass is 32.2. The number of hydrogen-bond donors (Lipinski definition) is 2. The van der Waals surface area contributed by atoms with E-state index in [-0.39, 0.29) is 10.8 Å². The summed E-state index contributed by atoms with van der Waals surface area (Å²) in [7, 11) is -2.09. The van der Waals surface area contributed by atoms with Gasteiger partial charge in [0.2, 0.25) is 5.95 Å². The van der Waals surface area contributed by atoms with Crippen molar-refractivity contribution in [3.8, 4) is 5.75 Å². The Hall–Kier alpha value is -2.02. The standard InChI is InChI=1S/C11H13N3O3S/c1-8-7-9(3-4-10(8)17-2)18(15,16)14-11-12-5-6-13-11/h3-7H,1-2H3,(H2,12,13,14). The van der Waals surface area contributed by atoms with E-state index in [1.165, 1.54) is 25.6 Å². The van der Waals surface area contributed by atoms with E-state index in [0.29, 0.717) is 5.75 Å². The number of H-pyrrole nitrogens is 1. The Kier molecular flexibility index (Phi) is 3.24. The third-order valence-corrected chi connectivity index (χ3v) is 3.74. The summed E-state index contributed by atoms with van der Waals surface area (Å²) >= 11 is 0. The van der Waals surface area contributed by atoms with Gasteiger partial charge in [-0.3, -0.25) is 0 Å². The van der Waals surface area contributed by atoms with Crippen molar-refractivity contribution in [2.24, 2.45) is 0 Å². The molecule has 0 radical (unpaired) electrons. The Morgan fingerprint density at radius 1 is 1.39 bits per heavy atom. The molecule has 0 atom stereocenters. The minimum atomic E-state index is -3.63. The average molecular weight is 267 g/mol. The Morgan fingerprint density at radius 3 is 2.72 bits per heavy atom. The molecule has 0 bridgehead atoms. The predicted octanol–water partition coefficient (Wildman–Crippen LogP) is 1.53. The van der Waals surface area contributed by atoms with E-state index in [4.69, 9.17) is 4.74 Å². The monoisotopic (exact) mass is 267 g/mol. The molecule has 0 unspecified atom stereocenters. The van der Waals surface area contributed by atoms with Crippen molar-refractivity contribution in [1.29, 1.82) is 0 Å². The maximum Gasteiger partial charge on any atom is 0.264 e. The molecular weight excluding hydrogens is 254 g/mol. The molecule has 1 heterocycles. The molecule has 0 fully saturated rings. The van der Waals surface area contributed by atoms with Crippen molar-refractivity contribution in [1.82, 2.24) is 9.97 Å². The van der Waals surface area contributed by atoms with Crippen molar-refractivity contribution >= 4 is 16.0 Å². The lowest BCUT2D eigenvalue weighted by Crippen LogP contribution is -2.14. The molecule has 7 heteroatoms. The fraction of sp³-hybridized carbons (Fsp3) is 0.182. The minimum absolute atomic E-state index is 0.164. The van der Waals surface area contributed by atoms with Crippen molar-refractivity contribution in [2.75, 3.05) is 11.8 Å². The summed E-state index contributed by atoms with van der Waals surface area (Å²) in [5.74, 6) is 0.829. The van der Waals surface area contributed by atoms with E-state index in [0.717, 1.165) is 5.56 Å². The Balaban J connectivity index is 2.33. The SMILES string of the molecule is COc1ccc(S(=O)(=O)Nc2ncc[nH]2)cc1C. The number of anilines is 1. The molecule has 0 saturated carbocycles. The second-order valence-corrected chi connectivity index (χ2v) is 5.36. The number of aromatic amines is 1. The van der Waals surface area contributed by atoms with E-state index in [2.05, 4.69) is 14.7 Å². The maximum absolute atomic E-state index is 12.0. The molecule has 18 heavy (non-hydrogen) atoms. The highest BCUT2D eigenvalue weighted by molar-refractivity contribution is 7.92. The molecule has 0 aliphatic heterocycles. The van der Waals surface area contributed by atoms with E-state index in [1.807, 2.05) is 0 Å². The zero-order chi connectivity index (χ0) is 13.2. The van der Waals surface area contributed by atoms with Gasteiger partial charge >= 0.3 is 0 Å². The zero-order valence-electron chi connectivity index (χ0n) is 9.97. The van der Waals surface area contributed by atoms with Crippen molar-refractivity contribution in [3.63, 3.8) is 0 Å². The minimum Gasteiger partial charge on any atom is -0.496 e. The fourth-order valence-corrected chi connectivity index (χ4v) is 2.59. The van der Waals surface area contributed by atoms with Crippen LogP contribution in [-0.2, 0) is 10.0 Å². The third-order valence-electron chi connectivity index (χ3n) is 2.41. The topological polar surface area (TPSA) is 84.1 Å². The van der Waals surface area contributed by atoms with Crippen LogP contribution in [0.4, 0.5) is 5.95 Å². The number of hydrogen-bond acceptors (Lipinski definition) is 4. The quantitative estimate of drug-likeness (QED) is 0.879. The van der Waals surface area contributed by atoms with Crippen LogP contribution in [0.5, 0.6) is 5.75 Å². The maximum atomic E-state index is 12.0. The smallest absolute Gasteiger partial charge is 0.264 e. The number of aromatic nitrogens is 2. The fourth-order valence-electron chi connectivity index (χ4n) is 1.53. The van der Waals surface area contributed by atoms with Gasteiger partial charge in [-0.15, -0.1) is 0 Å². The molecule has 6 nitrogen and oxygen atoms in total. The molecule has 0 amide bonds. The Bertz CT molecular complexity index is 636. The molecule has 0 saturated heterocycles. The molecule has 0 aliphatic rings. The lowest BCUT2D eigenvalue weighted by molar-refractivity contribution is 0.411. The molecule has 0 aliphatic carbocycles. The first-order chi connectivity index (χ1) is 8.53. The molecule has 2 aromatic rings. The van der Waals surface area contributed by atoms with Crippen LogP contribution in [0.1, 0.15) is 5.56 Å². The second-order valence-electron chi connectivity index (χ2n) is 3.67. The van der Waals surface area contributed by atoms with Crippen LogP contribution < -0.4 is 9.46 Å². The van der Waals surface area contributed by atoms with Gasteiger partial charge in [-0.1, -0.05) is 0 Å². The van der Waals surface area contributed by atoms with Crippen LogP contribution in [-0.4, -0.2) is 25.5 Å². The number of benzene rings is 1. The van der Waals surface area contributed by atoms with Crippen LogP contribution in [0.3, 0.4) is 0 Å². The summed E-state index contributed by atoms with van der Waals surface area (Å²) in [6.45, 7) is 1.78. The molecule has 0 spiro atoms. The number of aryl methyl sites for hydroxylation is 1. The number of nitrogens with zero attached hydrogens (tertiary/aromatic N) is 1. The first kappa shape index (κ1) is 12.4. The molecule has 2 N–H and O–H groups in total. The van der Waals surface area contributed by atoms with Gasteiger partial charge in [0, 0.05) is 12.4 Å². The van der Waals surface area contributed by atoms with Crippen LogP contribution in [0, 0.1) is 6.92 Å². The lowest BCUT2D eigenvalue weighted by Gasteiger charge is -2.08. The largest absolute Gasteiger partial charge is 0.496 e. The third kappa shape index (κ3) is 2.45. The number of sulfonamides is 1. The van der Waals surface area contributed by atoms with Crippen LogP contribution in [0.25, 0.3) is 0 Å². The predicted molar refractivity (Wildman–Crippen MR) is 67.1 cm³/mol. The highest BCUT2D eigenvalue weighted by Gasteiger charge is 2.16. The molecule has 2 rings (SSSR count). The van der Waals surface area contributed by atoms with E-state index in [9.17, 15) is 8.42 Å². The second kappa shape index (κ2) is 4.69. The summed E-state index contributed by atoms with van der Waals surface area (Å²) in [5, 5.41) is 0. The lowest BCUT2D eigenvalue weighted by atomic mass is 10.2. The molecule has 96 valence electrons. The van der Waals surface area contributed by atoms with Crippen LogP contribution >= 0.6 is 0 Å². The Morgan fingerprint density at radius 2 is 2.17 bits per heavy atom. The summed E-state index contributed by atoms with van der Waals surface area (Å²) in [6.07, 6.45) is 3.01. The van der Waals surface area contributed by atoms with Gasteiger partial charge in [0.25, 0.3) is 10.0 Å². The number of methoxy groups -OCH3 is 1. The summed E-state index contributed by atoms with van der Waals surface area (Å²) < 4.78 is 31.5. The summed E-state index contributed by atoms with van der Waals surface area (Å²) in [5.41, 5.74) is 0.750. The number of imidazole rings is 1. The van der Waals surface area contributed by atoms with Gasteiger partial charge in [-0.2, -0.15) is 0 Å². The zero-order valence-corrected chi connectivity index (χ0v) is 10.8. The first-order valence-corrected chi connectivity index (χ1v) is 6.68. The summed E-state index contributed by atoms with van der Waals surface area (Å²) in [6, 6.07) is 4.65. The van der Waals surface area contributed by atoms with Gasteiger partial charge in [-0.05, 0) is 30.7 Å². The molecule has 1 aromatic heterocycles. The summed E-state index contributed by atoms with van der Waals surface area (Å²) in [4.78, 5) is 6.65. The van der Waals surface area contributed by atoms with Gasteiger partial charge < -0.3 is 9.72 Å². The van der Waals surface area contributed by atoms with Gasteiger partial charge in [0.15, 0.2) is 0 Å². The molecule has 1 aromatic carbocycles. The average Bonchev–Trinajstić information content (AvgIpc) is 2.81. The van der Waals surface area contributed by atoms with Gasteiger partial charge in [0.05, 0.1) is 12.0 Å². The molecular formula is C11H13N3O3S. The Labute approximate surface area is 105 Å². The van der Waals surface area contributed by atoms with E-state index >= 15 is 0 Å². The van der Waals surface area contributed by atoms with Gasteiger partial charge in [-0.25, -0.2) is 18.1 Å². The van der Waals surface area contributed by atoms with E-state index in [1.54, 1.807) is 19.1 Å². The van der Waals surface area contributed by atoms with E-state index < -0.39 is 10.0 Å². The number of rotatable bonds is 4. The number of nitrogens with one attached hydrogen (secondary N) is 2. The first-order valence-electron chi connectivity index (χ1n) is 5.20. The van der Waals surface area contributed by atoms with Crippen molar-refractivity contribution in [2.45, 2.75) is 11.8 Å². The highest BCUT2D eigenvalue weighted by Crippen LogP contribution is 2.22.